The Morgan fingerprint density at radius 2 is 2.00 bits per heavy atom. The van der Waals surface area contributed by atoms with Crippen LogP contribution in [0.1, 0.15) is 36.5 Å². The van der Waals surface area contributed by atoms with Crippen LogP contribution in [0.5, 0.6) is 0 Å². The molecule has 1 atom stereocenters. The van der Waals surface area contributed by atoms with E-state index < -0.39 is 0 Å². The van der Waals surface area contributed by atoms with Crippen LogP contribution in [0.15, 0.2) is 6.07 Å². The van der Waals surface area contributed by atoms with E-state index in [4.69, 9.17) is 0 Å². The van der Waals surface area contributed by atoms with Crippen molar-refractivity contribution in [1.82, 2.24) is 19.6 Å². The predicted octanol–water partition coefficient (Wildman–Crippen LogP) is 0.740. The van der Waals surface area contributed by atoms with Crippen LogP contribution in [0.25, 0.3) is 0 Å². The van der Waals surface area contributed by atoms with Gasteiger partial charge in [0.05, 0.1) is 12.3 Å². The van der Waals surface area contributed by atoms with Crippen molar-refractivity contribution in [1.29, 1.82) is 0 Å². The highest BCUT2D eigenvalue weighted by Crippen LogP contribution is 2.13. The lowest BCUT2D eigenvalue weighted by molar-refractivity contribution is 0.0463. The van der Waals surface area contributed by atoms with Crippen LogP contribution < -0.4 is 0 Å². The van der Waals surface area contributed by atoms with Crippen molar-refractivity contribution in [2.24, 2.45) is 0 Å². The van der Waals surface area contributed by atoms with E-state index in [0.29, 0.717) is 25.3 Å². The van der Waals surface area contributed by atoms with Crippen LogP contribution in [0.3, 0.4) is 0 Å². The van der Waals surface area contributed by atoms with E-state index in [1.54, 1.807) is 4.68 Å². The molecule has 118 valence electrons. The predicted molar refractivity (Wildman–Crippen MR) is 81.3 cm³/mol. The number of hydrogen-bond acceptors (Lipinski definition) is 4. The molecule has 1 aromatic heterocycles. The van der Waals surface area contributed by atoms with E-state index >= 15 is 0 Å². The molecule has 0 bridgehead atoms. The first-order valence-corrected chi connectivity index (χ1v) is 7.79. The van der Waals surface area contributed by atoms with Crippen LogP contribution >= 0.6 is 0 Å². The Morgan fingerprint density at radius 1 is 1.33 bits per heavy atom. The second-order valence-electron chi connectivity index (χ2n) is 5.56. The summed E-state index contributed by atoms with van der Waals surface area (Å²) < 4.78 is 1.77. The van der Waals surface area contributed by atoms with Crippen LogP contribution in [-0.4, -0.2) is 69.4 Å². The van der Waals surface area contributed by atoms with Crippen molar-refractivity contribution in [2.75, 3.05) is 32.8 Å². The monoisotopic (exact) mass is 294 g/mol. The molecule has 2 rings (SSSR count). The Balaban J connectivity index is 2.00. The van der Waals surface area contributed by atoms with Gasteiger partial charge in [0, 0.05) is 38.8 Å². The summed E-state index contributed by atoms with van der Waals surface area (Å²) in [5, 5.41) is 13.7. The minimum Gasteiger partial charge on any atom is -0.395 e. The van der Waals surface area contributed by atoms with Crippen molar-refractivity contribution >= 4 is 5.91 Å². The van der Waals surface area contributed by atoms with Gasteiger partial charge in [0.2, 0.25) is 0 Å². The third kappa shape index (κ3) is 3.44. The lowest BCUT2D eigenvalue weighted by Crippen LogP contribution is -2.53. The third-order valence-corrected chi connectivity index (χ3v) is 4.22. The van der Waals surface area contributed by atoms with E-state index in [9.17, 15) is 9.90 Å². The molecule has 6 heteroatoms. The fourth-order valence-corrected chi connectivity index (χ4v) is 2.91. The second kappa shape index (κ2) is 7.04. The average molecular weight is 294 g/mol. The fraction of sp³-hybridized carbons (Fsp3) is 0.733. The van der Waals surface area contributed by atoms with Gasteiger partial charge in [-0.1, -0.05) is 6.92 Å². The number of amides is 1. The first kappa shape index (κ1) is 16.0. The zero-order chi connectivity index (χ0) is 15.4. The van der Waals surface area contributed by atoms with E-state index in [1.165, 1.54) is 0 Å². The molecule has 1 fully saturated rings. The average Bonchev–Trinajstić information content (AvgIpc) is 2.89. The van der Waals surface area contributed by atoms with Gasteiger partial charge in [0.15, 0.2) is 0 Å². The maximum absolute atomic E-state index is 12.6. The molecule has 1 amide bonds. The molecule has 0 aliphatic carbocycles. The lowest BCUT2D eigenvalue weighted by atomic mass is 10.1. The second-order valence-corrected chi connectivity index (χ2v) is 5.56. The largest absolute Gasteiger partial charge is 0.395 e. The van der Waals surface area contributed by atoms with Crippen molar-refractivity contribution < 1.29 is 9.90 Å². The summed E-state index contributed by atoms with van der Waals surface area (Å²) in [4.78, 5) is 16.8. The molecular weight excluding hydrogens is 268 g/mol. The molecular formula is C15H26N4O2. The molecule has 1 N–H and O–H groups in total. The molecule has 1 unspecified atom stereocenters. The number of aryl methyl sites for hydroxylation is 2. The van der Waals surface area contributed by atoms with Crippen molar-refractivity contribution in [2.45, 2.75) is 39.8 Å². The Kier molecular flexibility index (Phi) is 5.36. The summed E-state index contributed by atoms with van der Waals surface area (Å²) >= 11 is 0. The number of piperazine rings is 1. The van der Waals surface area contributed by atoms with Gasteiger partial charge in [-0.15, -0.1) is 0 Å². The summed E-state index contributed by atoms with van der Waals surface area (Å²) in [6, 6.07) is 2.08. The summed E-state index contributed by atoms with van der Waals surface area (Å²) in [5.41, 5.74) is 1.56. The van der Waals surface area contributed by atoms with Crippen LogP contribution in [0, 0.1) is 6.92 Å². The lowest BCUT2D eigenvalue weighted by Gasteiger charge is -2.38. The number of nitrogens with zero attached hydrogens (tertiary/aromatic N) is 4. The number of carbonyl (C=O) groups excluding carboxylic acids is 1. The first-order valence-electron chi connectivity index (χ1n) is 7.79. The zero-order valence-electron chi connectivity index (χ0n) is 13.2. The molecule has 0 saturated carbocycles. The Morgan fingerprint density at radius 3 is 2.52 bits per heavy atom. The summed E-state index contributed by atoms with van der Waals surface area (Å²) in [6.45, 7) is 9.95. The zero-order valence-corrected chi connectivity index (χ0v) is 13.2. The Hall–Kier alpha value is -1.40. The van der Waals surface area contributed by atoms with Gasteiger partial charge in [-0.2, -0.15) is 5.10 Å². The van der Waals surface area contributed by atoms with E-state index in [2.05, 4.69) is 16.9 Å². The number of carbonyl (C=O) groups is 1. The first-order chi connectivity index (χ1) is 10.1. The highest BCUT2D eigenvalue weighted by Gasteiger charge is 2.27. The van der Waals surface area contributed by atoms with Gasteiger partial charge >= 0.3 is 0 Å². The smallest absolute Gasteiger partial charge is 0.272 e. The fourth-order valence-electron chi connectivity index (χ4n) is 2.91. The van der Waals surface area contributed by atoms with Gasteiger partial charge in [-0.25, -0.2) is 0 Å². The molecule has 1 aromatic rings. The van der Waals surface area contributed by atoms with Gasteiger partial charge in [-0.05, 0) is 26.3 Å². The molecule has 1 saturated heterocycles. The van der Waals surface area contributed by atoms with Crippen molar-refractivity contribution in [3.05, 3.63) is 17.5 Å². The summed E-state index contributed by atoms with van der Waals surface area (Å²) in [5.74, 6) is 0.0640. The quantitative estimate of drug-likeness (QED) is 0.870. The maximum Gasteiger partial charge on any atom is 0.272 e. The molecule has 21 heavy (non-hydrogen) atoms. The SMILES string of the molecule is CCC(CO)N1CCN(C(=O)c2cc(C)nn2CC)CC1. The third-order valence-electron chi connectivity index (χ3n) is 4.22. The van der Waals surface area contributed by atoms with Gasteiger partial charge in [0.1, 0.15) is 5.69 Å². The molecule has 1 aliphatic heterocycles. The van der Waals surface area contributed by atoms with E-state index in [1.807, 2.05) is 24.8 Å². The van der Waals surface area contributed by atoms with Crippen LogP contribution in [0.2, 0.25) is 0 Å². The number of hydrogen-bond donors (Lipinski definition) is 1. The molecule has 0 spiro atoms. The molecule has 6 nitrogen and oxygen atoms in total. The topological polar surface area (TPSA) is 61.6 Å². The highest BCUT2D eigenvalue weighted by molar-refractivity contribution is 5.92. The number of aromatic nitrogens is 2. The highest BCUT2D eigenvalue weighted by atomic mass is 16.3. The standard InChI is InChI=1S/C15H26N4O2/c1-4-13(11-20)17-6-8-18(9-7-17)15(21)14-10-12(3)16-19(14)5-2/h10,13,20H,4-9,11H2,1-3H3. The van der Waals surface area contributed by atoms with Gasteiger partial charge in [-0.3, -0.25) is 14.4 Å². The molecule has 1 aliphatic rings. The molecule has 2 heterocycles. The number of aliphatic hydroxyl groups is 1. The normalized spacial score (nSPS) is 18.0. The van der Waals surface area contributed by atoms with Crippen molar-refractivity contribution in [3.63, 3.8) is 0 Å². The summed E-state index contributed by atoms with van der Waals surface area (Å²) in [6.07, 6.45) is 0.937. The van der Waals surface area contributed by atoms with Gasteiger partial charge in [0.25, 0.3) is 5.91 Å². The van der Waals surface area contributed by atoms with Crippen LogP contribution in [-0.2, 0) is 6.54 Å². The van der Waals surface area contributed by atoms with Crippen molar-refractivity contribution in [3.8, 4) is 0 Å². The molecule has 0 aromatic carbocycles. The molecule has 0 radical (unpaired) electrons. The van der Waals surface area contributed by atoms with Gasteiger partial charge < -0.3 is 10.0 Å². The number of rotatable bonds is 5. The maximum atomic E-state index is 12.6. The minimum absolute atomic E-state index is 0.0640. The number of aliphatic hydroxyl groups excluding tert-OH is 1. The minimum atomic E-state index is 0.0640. The van der Waals surface area contributed by atoms with E-state index in [-0.39, 0.29) is 18.6 Å². The Bertz CT molecular complexity index is 474. The van der Waals surface area contributed by atoms with Crippen LogP contribution in [0.4, 0.5) is 0 Å². The van der Waals surface area contributed by atoms with E-state index in [0.717, 1.165) is 25.2 Å². The Labute approximate surface area is 126 Å². The summed E-state index contributed by atoms with van der Waals surface area (Å²) in [7, 11) is 0.